The van der Waals surface area contributed by atoms with Crippen molar-refractivity contribution in [2.45, 2.75) is 32.6 Å². The molecular weight excluding hydrogens is 176 g/mol. The highest BCUT2D eigenvalue weighted by molar-refractivity contribution is 5.47. The van der Waals surface area contributed by atoms with E-state index in [0.717, 1.165) is 29.9 Å². The lowest BCUT2D eigenvalue weighted by Crippen LogP contribution is -2.10. The average molecular weight is 190 g/mol. The summed E-state index contributed by atoms with van der Waals surface area (Å²) in [6.45, 7) is 4.00. The molecule has 14 heavy (non-hydrogen) atoms. The van der Waals surface area contributed by atoms with Gasteiger partial charge in [-0.1, -0.05) is 5.57 Å². The van der Waals surface area contributed by atoms with Crippen molar-refractivity contribution >= 4 is 6.08 Å². The molecule has 1 N–H and O–H groups in total. The third kappa shape index (κ3) is 2.10. The molecule has 0 spiro atoms. The van der Waals surface area contributed by atoms with Gasteiger partial charge in [0.15, 0.2) is 0 Å². The highest BCUT2D eigenvalue weighted by Crippen LogP contribution is 2.37. The van der Waals surface area contributed by atoms with Crippen LogP contribution in [-0.2, 0) is 0 Å². The van der Waals surface area contributed by atoms with Crippen LogP contribution in [0.15, 0.2) is 16.4 Å². The molecule has 0 amide bonds. The lowest BCUT2D eigenvalue weighted by Gasteiger charge is -1.99. The van der Waals surface area contributed by atoms with Crippen LogP contribution in [0.5, 0.6) is 0 Å². The van der Waals surface area contributed by atoms with E-state index in [4.69, 9.17) is 0 Å². The molecular formula is C11H14N2O. The molecule has 3 nitrogen and oxygen atoms in total. The minimum atomic E-state index is -0.0469. The largest absolute Gasteiger partial charge is 0.310 e. The highest BCUT2D eigenvalue weighted by Gasteiger charge is 2.26. The van der Waals surface area contributed by atoms with Gasteiger partial charge in [0.2, 0.25) is 0 Å². The first-order chi connectivity index (χ1) is 6.65. The molecule has 1 fully saturated rings. The van der Waals surface area contributed by atoms with Gasteiger partial charge in [0.25, 0.3) is 5.56 Å². The van der Waals surface area contributed by atoms with Gasteiger partial charge < -0.3 is 4.98 Å². The van der Waals surface area contributed by atoms with Gasteiger partial charge in [-0.2, -0.15) is 0 Å². The summed E-state index contributed by atoms with van der Waals surface area (Å²) in [5.74, 6) is 1.35. The van der Waals surface area contributed by atoms with E-state index in [9.17, 15) is 4.79 Å². The summed E-state index contributed by atoms with van der Waals surface area (Å²) in [5, 5.41) is 0. The fourth-order valence-corrected chi connectivity index (χ4v) is 1.42. The van der Waals surface area contributed by atoms with Gasteiger partial charge in [-0.15, -0.1) is 0 Å². The number of nitrogens with one attached hydrogen (secondary N) is 1. The second kappa shape index (κ2) is 3.40. The zero-order valence-electron chi connectivity index (χ0n) is 8.50. The average Bonchev–Trinajstić information content (AvgIpc) is 2.82. The molecule has 1 aliphatic rings. The van der Waals surface area contributed by atoms with Gasteiger partial charge in [0.1, 0.15) is 5.82 Å². The van der Waals surface area contributed by atoms with Gasteiger partial charge in [-0.05, 0) is 32.8 Å². The van der Waals surface area contributed by atoms with Crippen molar-refractivity contribution in [1.82, 2.24) is 9.97 Å². The number of nitrogens with zero attached hydrogens (tertiary/aromatic N) is 1. The predicted octanol–water partition coefficient (Wildman–Crippen LogP) is 2.07. The summed E-state index contributed by atoms with van der Waals surface area (Å²) in [4.78, 5) is 18.5. The maximum Gasteiger partial charge on any atom is 0.251 e. The third-order valence-corrected chi connectivity index (χ3v) is 2.18. The van der Waals surface area contributed by atoms with Crippen LogP contribution in [0.25, 0.3) is 6.08 Å². The minimum absolute atomic E-state index is 0.0469. The Bertz CT molecular complexity index is 423. The van der Waals surface area contributed by atoms with E-state index in [2.05, 4.69) is 9.97 Å². The number of aromatic nitrogens is 2. The molecule has 1 heterocycles. The Morgan fingerprint density at radius 3 is 2.86 bits per heavy atom. The van der Waals surface area contributed by atoms with Gasteiger partial charge in [0, 0.05) is 12.0 Å². The molecule has 2 rings (SSSR count). The van der Waals surface area contributed by atoms with Crippen LogP contribution in [0.4, 0.5) is 0 Å². The highest BCUT2D eigenvalue weighted by atomic mass is 16.1. The smallest absolute Gasteiger partial charge is 0.251 e. The summed E-state index contributed by atoms with van der Waals surface area (Å²) >= 11 is 0. The predicted molar refractivity (Wildman–Crippen MR) is 56.2 cm³/mol. The second-order valence-electron chi connectivity index (χ2n) is 4.05. The Labute approximate surface area is 82.9 Å². The van der Waals surface area contributed by atoms with E-state index in [1.807, 2.05) is 19.9 Å². The summed E-state index contributed by atoms with van der Waals surface area (Å²) in [7, 11) is 0. The van der Waals surface area contributed by atoms with Gasteiger partial charge in [0.05, 0.1) is 5.69 Å². The van der Waals surface area contributed by atoms with Crippen LogP contribution < -0.4 is 5.56 Å². The molecule has 74 valence electrons. The summed E-state index contributed by atoms with van der Waals surface area (Å²) in [6, 6.07) is 1.54. The molecule has 3 heteroatoms. The van der Waals surface area contributed by atoms with Crippen LogP contribution >= 0.6 is 0 Å². The number of rotatable bonds is 2. The number of allylic oxidation sites excluding steroid dienone is 1. The molecule has 1 aromatic rings. The lowest BCUT2D eigenvalue weighted by atomic mass is 10.2. The van der Waals surface area contributed by atoms with Crippen molar-refractivity contribution in [1.29, 1.82) is 0 Å². The van der Waals surface area contributed by atoms with Crippen LogP contribution in [0.1, 0.15) is 44.1 Å². The standard InChI is InChI=1S/C11H14N2O/c1-7(2)5-9-6-10(14)13-11(12-9)8-3-4-8/h5-6,8H,3-4H2,1-2H3,(H,12,13,14). The fraction of sp³-hybridized carbons (Fsp3) is 0.455. The molecule has 0 atom stereocenters. The van der Waals surface area contributed by atoms with Crippen molar-refractivity contribution in [3.63, 3.8) is 0 Å². The van der Waals surface area contributed by atoms with Crippen LogP contribution in [0.2, 0.25) is 0 Å². The molecule has 0 saturated heterocycles. The van der Waals surface area contributed by atoms with Crippen molar-refractivity contribution in [3.05, 3.63) is 33.5 Å². The summed E-state index contributed by atoms with van der Waals surface area (Å²) < 4.78 is 0. The molecule has 0 radical (unpaired) electrons. The first kappa shape index (κ1) is 9.19. The van der Waals surface area contributed by atoms with Gasteiger partial charge in [-0.3, -0.25) is 4.79 Å². The van der Waals surface area contributed by atoms with Crippen molar-refractivity contribution in [2.75, 3.05) is 0 Å². The normalized spacial score (nSPS) is 15.3. The monoisotopic (exact) mass is 190 g/mol. The van der Waals surface area contributed by atoms with Gasteiger partial charge in [-0.25, -0.2) is 4.98 Å². The number of aromatic amines is 1. The second-order valence-corrected chi connectivity index (χ2v) is 4.05. The van der Waals surface area contributed by atoms with E-state index < -0.39 is 0 Å². The molecule has 1 aliphatic carbocycles. The van der Waals surface area contributed by atoms with Crippen LogP contribution in [0, 0.1) is 0 Å². The molecule has 0 bridgehead atoms. The Balaban J connectivity index is 2.41. The zero-order valence-corrected chi connectivity index (χ0v) is 8.50. The minimum Gasteiger partial charge on any atom is -0.310 e. The Morgan fingerprint density at radius 1 is 1.57 bits per heavy atom. The maximum absolute atomic E-state index is 11.3. The number of H-pyrrole nitrogens is 1. The van der Waals surface area contributed by atoms with Crippen molar-refractivity contribution < 1.29 is 0 Å². The molecule has 0 aliphatic heterocycles. The molecule has 0 aromatic carbocycles. The Hall–Kier alpha value is -1.38. The summed E-state index contributed by atoms with van der Waals surface area (Å²) in [5.41, 5.74) is 1.88. The topological polar surface area (TPSA) is 45.8 Å². The number of hydrogen-bond acceptors (Lipinski definition) is 2. The first-order valence-electron chi connectivity index (χ1n) is 4.91. The fourth-order valence-electron chi connectivity index (χ4n) is 1.42. The van der Waals surface area contributed by atoms with E-state index >= 15 is 0 Å². The third-order valence-electron chi connectivity index (χ3n) is 2.18. The Morgan fingerprint density at radius 2 is 2.29 bits per heavy atom. The SMILES string of the molecule is CC(C)=Cc1cc(=O)[nH]c(C2CC2)n1. The van der Waals surface area contributed by atoms with Crippen molar-refractivity contribution in [3.8, 4) is 0 Å². The van der Waals surface area contributed by atoms with Crippen LogP contribution in [-0.4, -0.2) is 9.97 Å². The first-order valence-corrected chi connectivity index (χ1v) is 4.91. The molecule has 0 unspecified atom stereocenters. The molecule has 1 aromatic heterocycles. The zero-order chi connectivity index (χ0) is 10.1. The molecule has 1 saturated carbocycles. The van der Waals surface area contributed by atoms with E-state index in [1.165, 1.54) is 0 Å². The Kier molecular flexibility index (Phi) is 2.23. The van der Waals surface area contributed by atoms with Crippen molar-refractivity contribution in [2.24, 2.45) is 0 Å². The van der Waals surface area contributed by atoms with E-state index in [0.29, 0.717) is 5.92 Å². The van der Waals surface area contributed by atoms with E-state index in [-0.39, 0.29) is 5.56 Å². The van der Waals surface area contributed by atoms with Gasteiger partial charge >= 0.3 is 0 Å². The quantitative estimate of drug-likeness (QED) is 0.776. The number of hydrogen-bond donors (Lipinski definition) is 1. The maximum atomic E-state index is 11.3. The summed E-state index contributed by atoms with van der Waals surface area (Å²) in [6.07, 6.45) is 4.24. The van der Waals surface area contributed by atoms with Crippen LogP contribution in [0.3, 0.4) is 0 Å². The van der Waals surface area contributed by atoms with E-state index in [1.54, 1.807) is 6.07 Å². The lowest BCUT2D eigenvalue weighted by molar-refractivity contribution is 0.902.